The van der Waals surface area contributed by atoms with Gasteiger partial charge in [-0.25, -0.2) is 13.6 Å². The number of halogens is 2. The van der Waals surface area contributed by atoms with Crippen molar-refractivity contribution in [2.45, 2.75) is 19.1 Å². The topological polar surface area (TPSA) is 92.7 Å². The van der Waals surface area contributed by atoms with Crippen LogP contribution in [0.3, 0.4) is 0 Å². The fraction of sp³-hybridized carbons (Fsp3) is 0.167. The first kappa shape index (κ1) is 19.0. The number of carboxylic acid groups (broad SMARTS) is 1. The highest BCUT2D eigenvalue weighted by Gasteiger charge is 2.25. The third kappa shape index (κ3) is 5.37. The molecule has 0 saturated carbocycles. The fourth-order valence-corrected chi connectivity index (χ4v) is 2.04. The van der Waals surface area contributed by atoms with Crippen LogP contribution in [0.5, 0.6) is 0 Å². The molecule has 2 rings (SSSR count). The van der Waals surface area contributed by atoms with Gasteiger partial charge in [-0.2, -0.15) is 0 Å². The number of rotatable bonds is 7. The van der Waals surface area contributed by atoms with Crippen molar-refractivity contribution in [3.05, 3.63) is 71.3 Å². The molecule has 0 radical (unpaired) electrons. The monoisotopic (exact) mass is 363 g/mol. The first-order valence-electron chi connectivity index (χ1n) is 7.55. The summed E-state index contributed by atoms with van der Waals surface area (Å²) in [6.07, 6.45) is -0.614. The molecule has 0 fully saturated rings. The standard InChI is InChI=1S/C18H15F2NO5/c19-13-7-6-12(8-14(13)20)17(23)21-15(18(24)25)9-16(22)26-10-11-4-2-1-3-5-11/h1-8,15H,9-10H2,(H,21,23)(H,24,25)/t15-/m0/s1. The molecular formula is C18H15F2NO5. The Bertz CT molecular complexity index is 810. The van der Waals surface area contributed by atoms with Gasteiger partial charge in [-0.05, 0) is 23.8 Å². The number of hydrogen-bond donors (Lipinski definition) is 2. The minimum Gasteiger partial charge on any atom is -0.480 e. The van der Waals surface area contributed by atoms with Crippen LogP contribution in [0.25, 0.3) is 0 Å². The number of benzene rings is 2. The van der Waals surface area contributed by atoms with Gasteiger partial charge in [0.1, 0.15) is 12.6 Å². The van der Waals surface area contributed by atoms with E-state index in [4.69, 9.17) is 9.84 Å². The van der Waals surface area contributed by atoms with Crippen molar-refractivity contribution in [3.63, 3.8) is 0 Å². The van der Waals surface area contributed by atoms with Gasteiger partial charge in [0.25, 0.3) is 5.91 Å². The minimum atomic E-state index is -1.57. The molecule has 0 saturated heterocycles. The number of ether oxygens (including phenoxy) is 1. The van der Waals surface area contributed by atoms with Gasteiger partial charge in [0, 0.05) is 5.56 Å². The SMILES string of the molecule is O=C(C[C@H](NC(=O)c1ccc(F)c(F)c1)C(=O)O)OCc1ccccc1. The molecule has 0 aromatic heterocycles. The molecule has 136 valence electrons. The Balaban J connectivity index is 1.95. The maximum absolute atomic E-state index is 13.2. The summed E-state index contributed by atoms with van der Waals surface area (Å²) in [6.45, 7) is -0.0386. The Morgan fingerprint density at radius 3 is 2.35 bits per heavy atom. The maximum Gasteiger partial charge on any atom is 0.326 e. The zero-order valence-electron chi connectivity index (χ0n) is 13.4. The summed E-state index contributed by atoms with van der Waals surface area (Å²) in [6, 6.07) is 9.57. The summed E-state index contributed by atoms with van der Waals surface area (Å²) < 4.78 is 31.0. The summed E-state index contributed by atoms with van der Waals surface area (Å²) in [5.41, 5.74) is 0.450. The lowest BCUT2D eigenvalue weighted by molar-refractivity contribution is -0.150. The summed E-state index contributed by atoms with van der Waals surface area (Å²) >= 11 is 0. The molecule has 6 nitrogen and oxygen atoms in total. The van der Waals surface area contributed by atoms with Crippen LogP contribution in [0.2, 0.25) is 0 Å². The van der Waals surface area contributed by atoms with Crippen LogP contribution in [0.1, 0.15) is 22.3 Å². The molecule has 0 bridgehead atoms. The van der Waals surface area contributed by atoms with E-state index < -0.39 is 41.9 Å². The zero-order valence-corrected chi connectivity index (χ0v) is 13.4. The number of carboxylic acids is 1. The van der Waals surface area contributed by atoms with E-state index in [1.807, 2.05) is 0 Å². The summed E-state index contributed by atoms with van der Waals surface area (Å²) in [5.74, 6) is -5.62. The molecule has 26 heavy (non-hydrogen) atoms. The van der Waals surface area contributed by atoms with E-state index in [0.717, 1.165) is 17.7 Å². The van der Waals surface area contributed by atoms with E-state index in [-0.39, 0.29) is 12.2 Å². The number of hydrogen-bond acceptors (Lipinski definition) is 4. The van der Waals surface area contributed by atoms with Crippen LogP contribution in [0.4, 0.5) is 8.78 Å². The highest BCUT2D eigenvalue weighted by molar-refractivity contribution is 5.97. The lowest BCUT2D eigenvalue weighted by atomic mass is 10.1. The summed E-state index contributed by atoms with van der Waals surface area (Å²) in [5, 5.41) is 11.2. The Labute approximate surface area is 147 Å². The number of amides is 1. The van der Waals surface area contributed by atoms with Crippen LogP contribution >= 0.6 is 0 Å². The van der Waals surface area contributed by atoms with Gasteiger partial charge in [0.05, 0.1) is 6.42 Å². The molecule has 0 spiro atoms. The molecule has 0 aliphatic heterocycles. The van der Waals surface area contributed by atoms with Crippen LogP contribution in [-0.2, 0) is 20.9 Å². The van der Waals surface area contributed by atoms with Crippen molar-refractivity contribution in [1.82, 2.24) is 5.32 Å². The first-order chi connectivity index (χ1) is 12.4. The molecule has 8 heteroatoms. The normalized spacial score (nSPS) is 11.5. The Hall–Kier alpha value is -3.29. The summed E-state index contributed by atoms with van der Waals surface area (Å²) in [4.78, 5) is 35.0. The Kier molecular flexibility index (Phi) is 6.37. The van der Waals surface area contributed by atoms with Crippen molar-refractivity contribution >= 4 is 17.8 Å². The van der Waals surface area contributed by atoms with Crippen molar-refractivity contribution < 1.29 is 33.0 Å². The van der Waals surface area contributed by atoms with Crippen LogP contribution in [-0.4, -0.2) is 29.0 Å². The van der Waals surface area contributed by atoms with Crippen molar-refractivity contribution in [3.8, 4) is 0 Å². The average Bonchev–Trinajstić information content (AvgIpc) is 2.62. The molecule has 2 aromatic rings. The van der Waals surface area contributed by atoms with E-state index >= 15 is 0 Å². The zero-order chi connectivity index (χ0) is 19.1. The highest BCUT2D eigenvalue weighted by Crippen LogP contribution is 2.10. The maximum atomic E-state index is 13.2. The van der Waals surface area contributed by atoms with Crippen molar-refractivity contribution in [2.24, 2.45) is 0 Å². The molecule has 0 aliphatic rings. The Morgan fingerprint density at radius 2 is 1.73 bits per heavy atom. The molecule has 0 heterocycles. The van der Waals surface area contributed by atoms with E-state index in [0.29, 0.717) is 6.07 Å². The Morgan fingerprint density at radius 1 is 1.04 bits per heavy atom. The molecule has 1 amide bonds. The van der Waals surface area contributed by atoms with E-state index in [1.165, 1.54) is 0 Å². The van der Waals surface area contributed by atoms with E-state index in [2.05, 4.69) is 5.32 Å². The second kappa shape index (κ2) is 8.70. The van der Waals surface area contributed by atoms with E-state index in [1.54, 1.807) is 30.3 Å². The first-order valence-corrected chi connectivity index (χ1v) is 7.55. The average molecular weight is 363 g/mol. The molecule has 2 N–H and O–H groups in total. The number of aliphatic carboxylic acids is 1. The fourth-order valence-electron chi connectivity index (χ4n) is 2.04. The third-order valence-electron chi connectivity index (χ3n) is 3.40. The second-order valence-corrected chi connectivity index (χ2v) is 5.34. The predicted octanol–water partition coefficient (Wildman–Crippen LogP) is 2.28. The molecule has 2 aromatic carbocycles. The smallest absolute Gasteiger partial charge is 0.326 e. The van der Waals surface area contributed by atoms with Gasteiger partial charge < -0.3 is 15.2 Å². The van der Waals surface area contributed by atoms with Gasteiger partial charge >= 0.3 is 11.9 Å². The highest BCUT2D eigenvalue weighted by atomic mass is 19.2. The van der Waals surface area contributed by atoms with Crippen LogP contribution in [0.15, 0.2) is 48.5 Å². The summed E-state index contributed by atoms with van der Waals surface area (Å²) in [7, 11) is 0. The number of esters is 1. The van der Waals surface area contributed by atoms with Gasteiger partial charge in [0.2, 0.25) is 0 Å². The lowest BCUT2D eigenvalue weighted by Gasteiger charge is -2.14. The van der Waals surface area contributed by atoms with Crippen LogP contribution < -0.4 is 5.32 Å². The predicted molar refractivity (Wildman–Crippen MR) is 86.1 cm³/mol. The van der Waals surface area contributed by atoms with Crippen molar-refractivity contribution in [1.29, 1.82) is 0 Å². The van der Waals surface area contributed by atoms with Crippen LogP contribution in [0, 0.1) is 11.6 Å². The van der Waals surface area contributed by atoms with Gasteiger partial charge in [-0.15, -0.1) is 0 Å². The molecular weight excluding hydrogens is 348 g/mol. The number of carbonyl (C=O) groups excluding carboxylic acids is 2. The van der Waals surface area contributed by atoms with Gasteiger partial charge in [0.15, 0.2) is 11.6 Å². The quantitative estimate of drug-likeness (QED) is 0.737. The minimum absolute atomic E-state index is 0.0386. The molecule has 0 aliphatic carbocycles. The largest absolute Gasteiger partial charge is 0.480 e. The van der Waals surface area contributed by atoms with Crippen molar-refractivity contribution in [2.75, 3.05) is 0 Å². The lowest BCUT2D eigenvalue weighted by Crippen LogP contribution is -2.42. The number of carbonyl (C=O) groups is 3. The molecule has 0 unspecified atom stereocenters. The van der Waals surface area contributed by atoms with Gasteiger partial charge in [-0.1, -0.05) is 30.3 Å². The van der Waals surface area contributed by atoms with E-state index in [9.17, 15) is 23.2 Å². The second-order valence-electron chi connectivity index (χ2n) is 5.34. The third-order valence-corrected chi connectivity index (χ3v) is 3.40. The number of nitrogens with one attached hydrogen (secondary N) is 1. The van der Waals surface area contributed by atoms with Gasteiger partial charge in [-0.3, -0.25) is 9.59 Å². The molecule has 1 atom stereocenters.